The fourth-order valence-corrected chi connectivity index (χ4v) is 3.37. The van der Waals surface area contributed by atoms with Crippen LogP contribution >= 0.6 is 12.2 Å². The molecule has 0 spiro atoms. The molecule has 1 unspecified atom stereocenters. The maximum atomic E-state index is 13.7. The summed E-state index contributed by atoms with van der Waals surface area (Å²) in [5.74, 6) is -0.834. The van der Waals surface area contributed by atoms with E-state index in [1.54, 1.807) is 30.3 Å². The smallest absolute Gasteiger partial charge is 0.244 e. The quantitative estimate of drug-likeness (QED) is 0.827. The molecular formula is C14H13FN2O2S2. The van der Waals surface area contributed by atoms with Crippen molar-refractivity contribution >= 4 is 27.2 Å². The Kier molecular flexibility index (Phi) is 4.66. The monoisotopic (exact) mass is 324 g/mol. The molecule has 0 bridgehead atoms. The average molecular weight is 324 g/mol. The van der Waals surface area contributed by atoms with Gasteiger partial charge in [0.1, 0.15) is 10.7 Å². The van der Waals surface area contributed by atoms with Crippen molar-refractivity contribution in [2.24, 2.45) is 5.73 Å². The molecule has 0 aliphatic carbocycles. The minimum Gasteiger partial charge on any atom is -0.392 e. The summed E-state index contributed by atoms with van der Waals surface area (Å²) in [6, 6.07) is 12.8. The molecule has 0 aromatic heterocycles. The zero-order valence-corrected chi connectivity index (χ0v) is 12.5. The van der Waals surface area contributed by atoms with Crippen LogP contribution in [-0.2, 0) is 10.0 Å². The third-order valence-electron chi connectivity index (χ3n) is 2.82. The van der Waals surface area contributed by atoms with Gasteiger partial charge in [-0.05, 0) is 17.7 Å². The molecule has 0 fully saturated rings. The first kappa shape index (κ1) is 15.6. The minimum atomic E-state index is -4.08. The van der Waals surface area contributed by atoms with Crippen LogP contribution in [0.1, 0.15) is 11.6 Å². The first-order valence-corrected chi connectivity index (χ1v) is 7.92. The molecule has 3 N–H and O–H groups in total. The molecule has 2 rings (SSSR count). The largest absolute Gasteiger partial charge is 0.392 e. The average Bonchev–Trinajstić information content (AvgIpc) is 2.46. The van der Waals surface area contributed by atoms with Crippen molar-refractivity contribution in [3.63, 3.8) is 0 Å². The maximum Gasteiger partial charge on any atom is 0.244 e. The van der Waals surface area contributed by atoms with E-state index in [-0.39, 0.29) is 4.99 Å². The molecule has 0 saturated carbocycles. The van der Waals surface area contributed by atoms with Crippen LogP contribution in [-0.4, -0.2) is 13.4 Å². The Labute approximate surface area is 127 Å². The highest BCUT2D eigenvalue weighted by atomic mass is 32.2. The fourth-order valence-electron chi connectivity index (χ4n) is 1.82. The molecule has 21 heavy (non-hydrogen) atoms. The second kappa shape index (κ2) is 6.30. The molecular weight excluding hydrogens is 311 g/mol. The molecule has 0 radical (unpaired) electrons. The molecule has 0 aliphatic rings. The molecule has 110 valence electrons. The molecule has 2 aromatic carbocycles. The molecule has 0 heterocycles. The van der Waals surface area contributed by atoms with Crippen LogP contribution in [0.2, 0.25) is 0 Å². The number of hydrogen-bond acceptors (Lipinski definition) is 3. The number of halogens is 1. The number of rotatable bonds is 5. The number of nitrogens with one attached hydrogen (secondary N) is 1. The van der Waals surface area contributed by atoms with Crippen LogP contribution in [0, 0.1) is 5.82 Å². The van der Waals surface area contributed by atoms with Gasteiger partial charge < -0.3 is 5.73 Å². The van der Waals surface area contributed by atoms with Crippen LogP contribution < -0.4 is 10.5 Å². The van der Waals surface area contributed by atoms with Gasteiger partial charge in [-0.25, -0.2) is 12.8 Å². The lowest BCUT2D eigenvalue weighted by atomic mass is 10.1. The van der Waals surface area contributed by atoms with E-state index >= 15 is 0 Å². The zero-order valence-electron chi connectivity index (χ0n) is 10.9. The van der Waals surface area contributed by atoms with Crippen LogP contribution in [0.3, 0.4) is 0 Å². The number of thiocarbonyl (C=S) groups is 1. The van der Waals surface area contributed by atoms with Crippen LogP contribution in [0.4, 0.5) is 4.39 Å². The highest BCUT2D eigenvalue weighted by molar-refractivity contribution is 7.89. The third-order valence-corrected chi connectivity index (χ3v) is 4.51. The first-order chi connectivity index (χ1) is 9.92. The lowest BCUT2D eigenvalue weighted by molar-refractivity contribution is 0.554. The van der Waals surface area contributed by atoms with Gasteiger partial charge in [-0.2, -0.15) is 4.72 Å². The number of nitrogens with two attached hydrogens (primary N) is 1. The third kappa shape index (κ3) is 3.63. The molecule has 4 nitrogen and oxygen atoms in total. The summed E-state index contributed by atoms with van der Waals surface area (Å²) in [4.78, 5) is -0.483. The second-order valence-corrected chi connectivity index (χ2v) is 6.45. The van der Waals surface area contributed by atoms with Crippen molar-refractivity contribution < 1.29 is 12.8 Å². The van der Waals surface area contributed by atoms with Crippen molar-refractivity contribution in [3.8, 4) is 0 Å². The predicted octanol–water partition coefficient (Wildman–Crippen LogP) is 2.13. The van der Waals surface area contributed by atoms with Gasteiger partial charge in [-0.1, -0.05) is 54.7 Å². The Balaban J connectivity index is 2.38. The molecule has 1 atom stereocenters. The summed E-state index contributed by atoms with van der Waals surface area (Å²) in [6.07, 6.45) is 0. The van der Waals surface area contributed by atoms with Crippen molar-refractivity contribution in [1.29, 1.82) is 0 Å². The van der Waals surface area contributed by atoms with Gasteiger partial charge in [0.05, 0.1) is 11.0 Å². The van der Waals surface area contributed by atoms with Gasteiger partial charge in [0, 0.05) is 0 Å². The fraction of sp³-hybridized carbons (Fsp3) is 0.0714. The van der Waals surface area contributed by atoms with E-state index in [1.165, 1.54) is 18.2 Å². The van der Waals surface area contributed by atoms with Gasteiger partial charge >= 0.3 is 0 Å². The summed E-state index contributed by atoms with van der Waals surface area (Å²) in [5, 5.41) is 0. The van der Waals surface area contributed by atoms with Crippen molar-refractivity contribution in [2.45, 2.75) is 10.9 Å². The molecule has 2 aromatic rings. The Morgan fingerprint density at radius 2 is 1.67 bits per heavy atom. The van der Waals surface area contributed by atoms with Crippen LogP contribution in [0.15, 0.2) is 59.5 Å². The predicted molar refractivity (Wildman–Crippen MR) is 82.7 cm³/mol. The van der Waals surface area contributed by atoms with E-state index in [4.69, 9.17) is 18.0 Å². The number of hydrogen-bond donors (Lipinski definition) is 2. The number of benzene rings is 2. The summed E-state index contributed by atoms with van der Waals surface area (Å²) >= 11 is 4.91. The van der Waals surface area contributed by atoms with Crippen LogP contribution in [0.25, 0.3) is 0 Å². The minimum absolute atomic E-state index is 0.0406. The SMILES string of the molecule is NC(=S)C(NS(=O)(=O)c1ccccc1F)c1ccccc1. The van der Waals surface area contributed by atoms with E-state index < -0.39 is 26.8 Å². The second-order valence-electron chi connectivity index (χ2n) is 4.30. The van der Waals surface area contributed by atoms with E-state index in [0.717, 1.165) is 6.07 Å². The first-order valence-electron chi connectivity index (χ1n) is 6.03. The summed E-state index contributed by atoms with van der Waals surface area (Å²) in [6.45, 7) is 0. The Morgan fingerprint density at radius 1 is 1.10 bits per heavy atom. The maximum absolute atomic E-state index is 13.7. The highest BCUT2D eigenvalue weighted by Gasteiger charge is 2.25. The van der Waals surface area contributed by atoms with Gasteiger partial charge in [-0.3, -0.25) is 0 Å². The summed E-state index contributed by atoms with van der Waals surface area (Å²) in [7, 11) is -4.08. The van der Waals surface area contributed by atoms with Crippen molar-refractivity contribution in [3.05, 3.63) is 66.0 Å². The molecule has 0 aliphatic heterocycles. The van der Waals surface area contributed by atoms with E-state index in [1.807, 2.05) is 0 Å². The number of sulfonamides is 1. The highest BCUT2D eigenvalue weighted by Crippen LogP contribution is 2.19. The molecule has 0 amide bonds. The van der Waals surface area contributed by atoms with E-state index in [9.17, 15) is 12.8 Å². The van der Waals surface area contributed by atoms with E-state index in [2.05, 4.69) is 4.72 Å². The van der Waals surface area contributed by atoms with Gasteiger partial charge in [-0.15, -0.1) is 0 Å². The van der Waals surface area contributed by atoms with Gasteiger partial charge in [0.25, 0.3) is 0 Å². The summed E-state index contributed by atoms with van der Waals surface area (Å²) < 4.78 is 40.5. The zero-order chi connectivity index (χ0) is 15.5. The molecule has 7 heteroatoms. The normalized spacial score (nSPS) is 12.8. The standard InChI is InChI=1S/C14H13FN2O2S2/c15-11-8-4-5-9-12(11)21(18,19)17-13(14(16)20)10-6-2-1-3-7-10/h1-9,13,17H,(H2,16,20). The molecule has 0 saturated heterocycles. The summed E-state index contributed by atoms with van der Waals surface area (Å²) in [5.41, 5.74) is 6.19. The topological polar surface area (TPSA) is 72.2 Å². The van der Waals surface area contributed by atoms with Gasteiger partial charge in [0.15, 0.2) is 0 Å². The Hall–Kier alpha value is -1.83. The van der Waals surface area contributed by atoms with Crippen molar-refractivity contribution in [1.82, 2.24) is 4.72 Å². The van der Waals surface area contributed by atoms with Gasteiger partial charge in [0.2, 0.25) is 10.0 Å². The lowest BCUT2D eigenvalue weighted by Crippen LogP contribution is -2.36. The van der Waals surface area contributed by atoms with Crippen LogP contribution in [0.5, 0.6) is 0 Å². The lowest BCUT2D eigenvalue weighted by Gasteiger charge is -2.18. The Morgan fingerprint density at radius 3 is 2.24 bits per heavy atom. The van der Waals surface area contributed by atoms with E-state index in [0.29, 0.717) is 5.56 Å². The van der Waals surface area contributed by atoms with Crippen molar-refractivity contribution in [2.75, 3.05) is 0 Å². The Bertz CT molecular complexity index is 749.